The molecule has 0 aliphatic heterocycles. The molecule has 0 aromatic carbocycles. The third-order valence-corrected chi connectivity index (χ3v) is 1.34. The van der Waals surface area contributed by atoms with Crippen LogP contribution in [0.1, 0.15) is 33.6 Å². The first-order valence-electron chi connectivity index (χ1n) is 3.65. The molecule has 0 atom stereocenters. The standard InChI is InChI=1S/C7H16N2O/c1-4-5-7(6(2)3)9-10-8/h6H,4-5,8H2,1-3H3/b9-7+. The first kappa shape index (κ1) is 9.43. The Bertz CT molecular complexity index is 110. The molecule has 0 radical (unpaired) electrons. The predicted molar refractivity (Wildman–Crippen MR) is 42.5 cm³/mol. The van der Waals surface area contributed by atoms with E-state index in [2.05, 4.69) is 30.9 Å². The molecule has 0 spiro atoms. The van der Waals surface area contributed by atoms with Crippen LogP contribution < -0.4 is 5.90 Å². The minimum Gasteiger partial charge on any atom is -0.303 e. The SMILES string of the molecule is CCC/C(=N\ON)C(C)C. The van der Waals surface area contributed by atoms with E-state index in [0.717, 1.165) is 18.6 Å². The van der Waals surface area contributed by atoms with Crippen molar-refractivity contribution in [2.45, 2.75) is 33.6 Å². The Morgan fingerprint density at radius 3 is 2.50 bits per heavy atom. The van der Waals surface area contributed by atoms with Crippen molar-refractivity contribution in [1.82, 2.24) is 0 Å². The maximum absolute atomic E-state index is 4.81. The normalized spacial score (nSPS) is 12.3. The molecule has 3 nitrogen and oxygen atoms in total. The molecule has 2 N–H and O–H groups in total. The molecule has 0 aliphatic rings. The van der Waals surface area contributed by atoms with Crippen LogP contribution in [-0.4, -0.2) is 5.71 Å². The van der Waals surface area contributed by atoms with Gasteiger partial charge in [0.1, 0.15) is 0 Å². The molecule has 0 rings (SSSR count). The van der Waals surface area contributed by atoms with E-state index in [1.54, 1.807) is 0 Å². The van der Waals surface area contributed by atoms with Gasteiger partial charge in [-0.15, -0.1) is 5.90 Å². The topological polar surface area (TPSA) is 47.6 Å². The van der Waals surface area contributed by atoms with Gasteiger partial charge < -0.3 is 4.94 Å². The summed E-state index contributed by atoms with van der Waals surface area (Å²) in [6.07, 6.45) is 2.05. The number of oxime groups is 1. The second-order valence-electron chi connectivity index (χ2n) is 2.59. The average Bonchev–Trinajstić information content (AvgIpc) is 1.87. The van der Waals surface area contributed by atoms with Gasteiger partial charge in [-0.2, -0.15) is 0 Å². The van der Waals surface area contributed by atoms with Crippen LogP contribution in [0.5, 0.6) is 0 Å². The number of rotatable bonds is 4. The summed E-state index contributed by atoms with van der Waals surface area (Å²) in [5.41, 5.74) is 1.03. The minimum absolute atomic E-state index is 0.434. The van der Waals surface area contributed by atoms with Crippen molar-refractivity contribution in [2.75, 3.05) is 0 Å². The van der Waals surface area contributed by atoms with E-state index in [1.165, 1.54) is 0 Å². The number of nitrogens with two attached hydrogens (primary N) is 1. The molecule has 0 aromatic heterocycles. The van der Waals surface area contributed by atoms with Gasteiger partial charge in [0.05, 0.1) is 5.71 Å². The third kappa shape index (κ3) is 3.45. The Hall–Kier alpha value is -0.570. The Morgan fingerprint density at radius 2 is 2.20 bits per heavy atom. The Kier molecular flexibility index (Phi) is 4.94. The molecule has 0 saturated carbocycles. The fourth-order valence-corrected chi connectivity index (χ4v) is 0.764. The molecule has 3 heteroatoms. The van der Waals surface area contributed by atoms with Crippen LogP contribution in [0.4, 0.5) is 0 Å². The van der Waals surface area contributed by atoms with Crippen molar-refractivity contribution in [1.29, 1.82) is 0 Å². The molecule has 10 heavy (non-hydrogen) atoms. The van der Waals surface area contributed by atoms with Gasteiger partial charge in [-0.3, -0.25) is 0 Å². The molecular weight excluding hydrogens is 128 g/mol. The molecule has 0 unspecified atom stereocenters. The van der Waals surface area contributed by atoms with Crippen LogP contribution in [0, 0.1) is 5.92 Å². The molecule has 0 aromatic rings. The molecule has 0 aliphatic carbocycles. The highest BCUT2D eigenvalue weighted by Gasteiger charge is 2.03. The van der Waals surface area contributed by atoms with Crippen molar-refractivity contribution >= 4 is 5.71 Å². The summed E-state index contributed by atoms with van der Waals surface area (Å²) in [6.45, 7) is 6.26. The van der Waals surface area contributed by atoms with Gasteiger partial charge in [0.15, 0.2) is 0 Å². The smallest absolute Gasteiger partial charge is 0.0622 e. The van der Waals surface area contributed by atoms with Gasteiger partial charge in [0, 0.05) is 0 Å². The molecule has 0 bridgehead atoms. The summed E-state index contributed by atoms with van der Waals surface area (Å²) < 4.78 is 0. The molecule has 0 amide bonds. The largest absolute Gasteiger partial charge is 0.303 e. The monoisotopic (exact) mass is 144 g/mol. The van der Waals surface area contributed by atoms with Crippen molar-refractivity contribution in [3.8, 4) is 0 Å². The zero-order valence-electron chi connectivity index (χ0n) is 6.92. The first-order valence-corrected chi connectivity index (χ1v) is 3.65. The lowest BCUT2D eigenvalue weighted by Gasteiger charge is -2.05. The number of hydrogen-bond donors (Lipinski definition) is 1. The van der Waals surface area contributed by atoms with Gasteiger partial charge in [-0.05, 0) is 12.3 Å². The zero-order valence-corrected chi connectivity index (χ0v) is 6.92. The third-order valence-electron chi connectivity index (χ3n) is 1.34. The van der Waals surface area contributed by atoms with E-state index in [1.807, 2.05) is 0 Å². The van der Waals surface area contributed by atoms with E-state index in [-0.39, 0.29) is 0 Å². The van der Waals surface area contributed by atoms with Gasteiger partial charge in [-0.1, -0.05) is 32.3 Å². The van der Waals surface area contributed by atoms with Crippen LogP contribution in [-0.2, 0) is 4.94 Å². The molecule has 60 valence electrons. The van der Waals surface area contributed by atoms with Crippen LogP contribution in [0.15, 0.2) is 5.16 Å². The van der Waals surface area contributed by atoms with Crippen LogP contribution in [0.25, 0.3) is 0 Å². The quantitative estimate of drug-likeness (QED) is 0.482. The van der Waals surface area contributed by atoms with Crippen LogP contribution in [0.2, 0.25) is 0 Å². The highest BCUT2D eigenvalue weighted by atomic mass is 16.7. The van der Waals surface area contributed by atoms with Crippen molar-refractivity contribution in [3.05, 3.63) is 0 Å². The average molecular weight is 144 g/mol. The molecule has 0 fully saturated rings. The summed E-state index contributed by atoms with van der Waals surface area (Å²) in [5, 5.41) is 3.71. The Balaban J connectivity index is 3.85. The van der Waals surface area contributed by atoms with Gasteiger partial charge >= 0.3 is 0 Å². The predicted octanol–water partition coefficient (Wildman–Crippen LogP) is 1.69. The summed E-state index contributed by atoms with van der Waals surface area (Å²) in [5.74, 6) is 5.24. The van der Waals surface area contributed by atoms with E-state index in [4.69, 9.17) is 5.90 Å². The van der Waals surface area contributed by atoms with E-state index < -0.39 is 0 Å². The van der Waals surface area contributed by atoms with Gasteiger partial charge in [0.25, 0.3) is 0 Å². The van der Waals surface area contributed by atoms with E-state index in [0.29, 0.717) is 5.92 Å². The summed E-state index contributed by atoms with van der Waals surface area (Å²) in [4.78, 5) is 4.21. The fourth-order valence-electron chi connectivity index (χ4n) is 0.764. The molecule has 0 saturated heterocycles. The maximum Gasteiger partial charge on any atom is 0.0622 e. The molecule has 0 heterocycles. The summed E-state index contributed by atoms with van der Waals surface area (Å²) in [7, 11) is 0. The lowest BCUT2D eigenvalue weighted by atomic mass is 10.0. The number of hydrogen-bond acceptors (Lipinski definition) is 3. The van der Waals surface area contributed by atoms with E-state index in [9.17, 15) is 0 Å². The zero-order chi connectivity index (χ0) is 7.98. The summed E-state index contributed by atoms with van der Waals surface area (Å²) >= 11 is 0. The summed E-state index contributed by atoms with van der Waals surface area (Å²) in [6, 6.07) is 0. The maximum atomic E-state index is 4.81. The fraction of sp³-hybridized carbons (Fsp3) is 0.857. The lowest BCUT2D eigenvalue weighted by Crippen LogP contribution is -2.09. The van der Waals surface area contributed by atoms with Gasteiger partial charge in [0.2, 0.25) is 0 Å². The van der Waals surface area contributed by atoms with E-state index >= 15 is 0 Å². The Labute approximate surface area is 62.2 Å². The highest BCUT2D eigenvalue weighted by Crippen LogP contribution is 2.03. The first-order chi connectivity index (χ1) is 4.72. The molecular formula is C7H16N2O. The highest BCUT2D eigenvalue weighted by molar-refractivity contribution is 5.85. The van der Waals surface area contributed by atoms with Crippen molar-refractivity contribution in [2.24, 2.45) is 17.0 Å². The lowest BCUT2D eigenvalue weighted by molar-refractivity contribution is 0.146. The van der Waals surface area contributed by atoms with Crippen molar-refractivity contribution in [3.63, 3.8) is 0 Å². The second kappa shape index (κ2) is 5.23. The van der Waals surface area contributed by atoms with Crippen molar-refractivity contribution < 1.29 is 4.94 Å². The minimum atomic E-state index is 0.434. The van der Waals surface area contributed by atoms with Crippen LogP contribution in [0.3, 0.4) is 0 Å². The van der Waals surface area contributed by atoms with Crippen LogP contribution >= 0.6 is 0 Å². The van der Waals surface area contributed by atoms with Gasteiger partial charge in [-0.25, -0.2) is 0 Å². The Morgan fingerprint density at radius 1 is 1.60 bits per heavy atom. The second-order valence-corrected chi connectivity index (χ2v) is 2.59. The number of nitrogens with zero attached hydrogens (tertiary/aromatic N) is 1.